The Morgan fingerprint density at radius 2 is 2.41 bits per heavy atom. The van der Waals surface area contributed by atoms with E-state index in [1.54, 1.807) is 19.1 Å². The Kier molecular flexibility index (Phi) is 2.86. The molecular weight excluding hydrogens is 224 g/mol. The number of esters is 1. The summed E-state index contributed by atoms with van der Waals surface area (Å²) in [7, 11) is 0. The maximum Gasteiger partial charge on any atom is 0.356 e. The van der Waals surface area contributed by atoms with Crippen LogP contribution in [-0.4, -0.2) is 29.3 Å². The summed E-state index contributed by atoms with van der Waals surface area (Å²) >= 11 is 0. The van der Waals surface area contributed by atoms with Crippen molar-refractivity contribution in [2.45, 2.75) is 13.0 Å². The van der Waals surface area contributed by atoms with Gasteiger partial charge in [-0.05, 0) is 25.2 Å². The molecule has 0 radical (unpaired) electrons. The van der Waals surface area contributed by atoms with E-state index in [0.717, 1.165) is 0 Å². The maximum atomic E-state index is 11.5. The lowest BCUT2D eigenvalue weighted by atomic mass is 10.0. The van der Waals surface area contributed by atoms with Crippen LogP contribution in [0.1, 0.15) is 6.92 Å². The zero-order chi connectivity index (χ0) is 12.4. The van der Waals surface area contributed by atoms with E-state index in [0.29, 0.717) is 11.3 Å². The zero-order valence-corrected chi connectivity index (χ0v) is 9.12. The van der Waals surface area contributed by atoms with Crippen molar-refractivity contribution in [2.24, 2.45) is 4.99 Å². The lowest BCUT2D eigenvalue weighted by molar-refractivity contribution is -0.498. The number of nitro groups is 1. The van der Waals surface area contributed by atoms with Gasteiger partial charge in [0.25, 0.3) is 6.04 Å². The second-order valence-electron chi connectivity index (χ2n) is 3.48. The van der Waals surface area contributed by atoms with Gasteiger partial charge in [0.15, 0.2) is 0 Å². The quantitative estimate of drug-likeness (QED) is 0.415. The topological polar surface area (TPSA) is 81.8 Å². The smallest absolute Gasteiger partial charge is 0.356 e. The van der Waals surface area contributed by atoms with Gasteiger partial charge in [-0.15, -0.1) is 0 Å². The first-order chi connectivity index (χ1) is 8.13. The molecule has 6 nitrogen and oxygen atoms in total. The van der Waals surface area contributed by atoms with Crippen molar-refractivity contribution in [3.63, 3.8) is 0 Å². The van der Waals surface area contributed by atoms with Crippen LogP contribution in [0.2, 0.25) is 0 Å². The van der Waals surface area contributed by atoms with Gasteiger partial charge >= 0.3 is 5.97 Å². The third kappa shape index (κ3) is 2.01. The summed E-state index contributed by atoms with van der Waals surface area (Å²) in [5.74, 6) is -0.558. The van der Waals surface area contributed by atoms with E-state index in [4.69, 9.17) is 4.74 Å². The molecule has 0 N–H and O–H groups in total. The molecule has 1 aliphatic heterocycles. The van der Waals surface area contributed by atoms with Gasteiger partial charge in [-0.2, -0.15) is 0 Å². The summed E-state index contributed by atoms with van der Waals surface area (Å²) in [5, 5.41) is 10.8. The molecule has 1 unspecified atom stereocenters. The molecule has 2 aliphatic rings. The van der Waals surface area contributed by atoms with Crippen molar-refractivity contribution in [2.75, 3.05) is 6.61 Å². The average Bonchev–Trinajstić information content (AvgIpc) is 2.72. The van der Waals surface area contributed by atoms with Crippen molar-refractivity contribution in [1.82, 2.24) is 0 Å². The van der Waals surface area contributed by atoms with Gasteiger partial charge in [-0.25, -0.2) is 9.79 Å². The van der Waals surface area contributed by atoms with Gasteiger partial charge in [-0.1, -0.05) is 6.08 Å². The van der Waals surface area contributed by atoms with Crippen LogP contribution in [0, 0.1) is 10.1 Å². The number of hydrogen-bond donors (Lipinski definition) is 0. The fourth-order valence-corrected chi connectivity index (χ4v) is 1.67. The SMILES string of the molecule is CCOC(=O)C1=NC2=CC=CC([N+](=O)[O-])C2=C1. The Morgan fingerprint density at radius 3 is 3.06 bits per heavy atom. The Bertz CT molecular complexity index is 500. The molecule has 2 rings (SSSR count). The van der Waals surface area contributed by atoms with Gasteiger partial charge < -0.3 is 4.74 Å². The second-order valence-corrected chi connectivity index (χ2v) is 3.48. The number of allylic oxidation sites excluding steroid dienone is 2. The molecule has 0 amide bonds. The molecule has 0 aromatic heterocycles. The van der Waals surface area contributed by atoms with Gasteiger partial charge in [0, 0.05) is 4.92 Å². The highest BCUT2D eigenvalue weighted by atomic mass is 16.6. The Hall–Kier alpha value is -2.24. The second kappa shape index (κ2) is 4.32. The van der Waals surface area contributed by atoms with Gasteiger partial charge in [-0.3, -0.25) is 10.1 Å². The fourth-order valence-electron chi connectivity index (χ4n) is 1.67. The summed E-state index contributed by atoms with van der Waals surface area (Å²) in [4.78, 5) is 25.9. The lowest BCUT2D eigenvalue weighted by Gasteiger charge is -2.09. The molecule has 0 fully saturated rings. The van der Waals surface area contributed by atoms with E-state index < -0.39 is 16.9 Å². The van der Waals surface area contributed by atoms with Crippen molar-refractivity contribution < 1.29 is 14.5 Å². The maximum absolute atomic E-state index is 11.5. The van der Waals surface area contributed by atoms with Crippen molar-refractivity contribution in [3.8, 4) is 0 Å². The first-order valence-corrected chi connectivity index (χ1v) is 5.13. The molecule has 0 spiro atoms. The van der Waals surface area contributed by atoms with Crippen LogP contribution < -0.4 is 0 Å². The highest BCUT2D eigenvalue weighted by Gasteiger charge is 2.32. The summed E-state index contributed by atoms with van der Waals surface area (Å²) in [5.41, 5.74) is 1.00. The van der Waals surface area contributed by atoms with Crippen LogP contribution in [0.15, 0.2) is 40.6 Å². The minimum Gasteiger partial charge on any atom is -0.461 e. The van der Waals surface area contributed by atoms with E-state index in [2.05, 4.69) is 4.99 Å². The van der Waals surface area contributed by atoms with E-state index in [1.807, 2.05) is 0 Å². The van der Waals surface area contributed by atoms with Crippen LogP contribution in [-0.2, 0) is 9.53 Å². The Morgan fingerprint density at radius 1 is 1.65 bits per heavy atom. The van der Waals surface area contributed by atoms with Crippen LogP contribution in [0.5, 0.6) is 0 Å². The standard InChI is InChI=1S/C11H10N2O4/c1-2-17-11(14)9-6-7-8(12-9)4-3-5-10(7)13(15)16/h3-6,10H,2H2,1H3. The van der Waals surface area contributed by atoms with Crippen molar-refractivity contribution in [1.29, 1.82) is 0 Å². The van der Waals surface area contributed by atoms with E-state index >= 15 is 0 Å². The molecule has 1 heterocycles. The number of ether oxygens (including phenoxy) is 1. The van der Waals surface area contributed by atoms with E-state index in [9.17, 15) is 14.9 Å². The molecule has 0 saturated heterocycles. The highest BCUT2D eigenvalue weighted by Crippen LogP contribution is 2.28. The first-order valence-electron chi connectivity index (χ1n) is 5.13. The van der Waals surface area contributed by atoms with E-state index in [1.165, 1.54) is 12.2 Å². The van der Waals surface area contributed by atoms with Crippen LogP contribution in [0.25, 0.3) is 0 Å². The third-order valence-corrected chi connectivity index (χ3v) is 2.41. The van der Waals surface area contributed by atoms with E-state index in [-0.39, 0.29) is 12.3 Å². The van der Waals surface area contributed by atoms with Crippen LogP contribution in [0.3, 0.4) is 0 Å². The number of carbonyl (C=O) groups is 1. The number of aliphatic imine (C=N–C) groups is 1. The first kappa shape index (κ1) is 11.3. The molecule has 0 bridgehead atoms. The predicted molar refractivity (Wildman–Crippen MR) is 60.2 cm³/mol. The summed E-state index contributed by atoms with van der Waals surface area (Å²) in [6.07, 6.45) is 6.08. The number of nitrogens with zero attached hydrogens (tertiary/aromatic N) is 2. The monoisotopic (exact) mass is 234 g/mol. The van der Waals surface area contributed by atoms with Gasteiger partial charge in [0.1, 0.15) is 5.71 Å². The van der Waals surface area contributed by atoms with Crippen molar-refractivity contribution in [3.05, 3.63) is 45.7 Å². The summed E-state index contributed by atoms with van der Waals surface area (Å²) in [6, 6.07) is -0.939. The van der Waals surface area contributed by atoms with Crippen LogP contribution >= 0.6 is 0 Å². The molecule has 88 valence electrons. The third-order valence-electron chi connectivity index (χ3n) is 2.41. The molecule has 0 aromatic carbocycles. The largest absolute Gasteiger partial charge is 0.461 e. The molecule has 0 aromatic rings. The number of hydrogen-bond acceptors (Lipinski definition) is 5. The molecule has 17 heavy (non-hydrogen) atoms. The highest BCUT2D eigenvalue weighted by molar-refractivity contribution is 6.42. The van der Waals surface area contributed by atoms with Crippen molar-refractivity contribution >= 4 is 11.7 Å². The summed E-state index contributed by atoms with van der Waals surface area (Å²) < 4.78 is 4.80. The lowest BCUT2D eigenvalue weighted by Crippen LogP contribution is -2.21. The zero-order valence-electron chi connectivity index (χ0n) is 9.12. The number of rotatable bonds is 3. The Labute approximate surface area is 97.1 Å². The average molecular weight is 234 g/mol. The fraction of sp³-hybridized carbons (Fsp3) is 0.273. The minimum absolute atomic E-state index is 0.114. The van der Waals surface area contributed by atoms with Gasteiger partial charge in [0.05, 0.1) is 17.9 Å². The number of carbonyl (C=O) groups excluding carboxylic acids is 1. The molecule has 6 heteroatoms. The summed E-state index contributed by atoms with van der Waals surface area (Å²) in [6.45, 7) is 1.94. The van der Waals surface area contributed by atoms with Gasteiger partial charge in [0.2, 0.25) is 0 Å². The molecule has 1 atom stereocenters. The molecular formula is C11H10N2O4. The Balaban J connectivity index is 2.28. The normalized spacial score (nSPS) is 21.2. The number of fused-ring (bicyclic) bond motifs is 1. The van der Waals surface area contributed by atoms with Crippen LogP contribution in [0.4, 0.5) is 0 Å². The molecule has 0 saturated carbocycles. The predicted octanol–water partition coefficient (Wildman–Crippen LogP) is 1.03. The minimum atomic E-state index is -0.939. The molecule has 1 aliphatic carbocycles.